The molecule has 21 heavy (non-hydrogen) atoms. The number of aryl methyl sites for hydroxylation is 2. The lowest BCUT2D eigenvalue weighted by atomic mass is 9.79. The Kier molecular flexibility index (Phi) is 3.76. The summed E-state index contributed by atoms with van der Waals surface area (Å²) >= 11 is 0. The van der Waals surface area contributed by atoms with Crippen LogP contribution < -0.4 is 5.48 Å². The van der Waals surface area contributed by atoms with Crippen LogP contribution in [0.4, 0.5) is 0 Å². The molecule has 0 heterocycles. The molecule has 2 aromatic carbocycles. The Bertz CT molecular complexity index is 679. The smallest absolute Gasteiger partial charge is 0.274 e. The van der Waals surface area contributed by atoms with Crippen LogP contribution in [0.1, 0.15) is 45.0 Å². The van der Waals surface area contributed by atoms with Crippen LogP contribution >= 0.6 is 0 Å². The molecule has 0 saturated carbocycles. The summed E-state index contributed by atoms with van der Waals surface area (Å²) in [5.41, 5.74) is 7.40. The Morgan fingerprint density at radius 1 is 1.19 bits per heavy atom. The van der Waals surface area contributed by atoms with Gasteiger partial charge in [-0.1, -0.05) is 35.9 Å². The summed E-state index contributed by atoms with van der Waals surface area (Å²) < 4.78 is 0. The van der Waals surface area contributed by atoms with Crippen LogP contribution in [0.5, 0.6) is 0 Å². The maximum absolute atomic E-state index is 11.5. The third-order valence-electron chi connectivity index (χ3n) is 4.31. The number of hydroxylamine groups is 1. The number of amides is 1. The monoisotopic (exact) mass is 281 g/mol. The Balaban J connectivity index is 1.88. The third kappa shape index (κ3) is 2.83. The van der Waals surface area contributed by atoms with E-state index in [4.69, 9.17) is 5.21 Å². The van der Waals surface area contributed by atoms with Gasteiger partial charge in [-0.25, -0.2) is 5.48 Å². The summed E-state index contributed by atoms with van der Waals surface area (Å²) in [6.45, 7) is 2.12. The van der Waals surface area contributed by atoms with Gasteiger partial charge in [0.05, 0.1) is 0 Å². The van der Waals surface area contributed by atoms with E-state index in [-0.39, 0.29) is 0 Å². The molecular weight excluding hydrogens is 262 g/mol. The fourth-order valence-corrected chi connectivity index (χ4v) is 3.17. The highest BCUT2D eigenvalue weighted by atomic mass is 16.5. The number of fused-ring (bicyclic) bond motifs is 1. The van der Waals surface area contributed by atoms with Crippen molar-refractivity contribution < 1.29 is 10.0 Å². The highest BCUT2D eigenvalue weighted by molar-refractivity contribution is 5.93. The molecule has 1 aliphatic rings. The minimum atomic E-state index is -0.449. The number of benzene rings is 2. The lowest BCUT2D eigenvalue weighted by molar-refractivity contribution is 0.0706. The van der Waals surface area contributed by atoms with E-state index in [0.29, 0.717) is 11.5 Å². The number of nitrogens with one attached hydrogen (secondary N) is 1. The topological polar surface area (TPSA) is 49.3 Å². The average Bonchev–Trinajstić information content (AvgIpc) is 2.53. The number of carbonyl (C=O) groups is 1. The van der Waals surface area contributed by atoms with Crippen molar-refractivity contribution in [3.63, 3.8) is 0 Å². The van der Waals surface area contributed by atoms with Crippen LogP contribution in [0.15, 0.2) is 42.5 Å². The lowest BCUT2D eigenvalue weighted by Gasteiger charge is -2.25. The maximum Gasteiger partial charge on any atom is 0.274 e. The highest BCUT2D eigenvalue weighted by Crippen LogP contribution is 2.33. The fraction of sp³-hybridized carbons (Fsp3) is 0.278. The van der Waals surface area contributed by atoms with Crippen LogP contribution in [-0.2, 0) is 12.8 Å². The summed E-state index contributed by atoms with van der Waals surface area (Å²) in [5.74, 6) is 0.0558. The number of hydrogen-bond acceptors (Lipinski definition) is 2. The molecule has 0 bridgehead atoms. The summed E-state index contributed by atoms with van der Waals surface area (Å²) in [4.78, 5) is 11.5. The molecule has 1 atom stereocenters. The third-order valence-corrected chi connectivity index (χ3v) is 4.31. The van der Waals surface area contributed by atoms with Crippen molar-refractivity contribution >= 4 is 5.91 Å². The molecular formula is C18H19NO2. The maximum atomic E-state index is 11.5. The van der Waals surface area contributed by atoms with E-state index in [1.807, 2.05) is 12.1 Å². The zero-order valence-corrected chi connectivity index (χ0v) is 12.1. The Morgan fingerprint density at radius 2 is 2.05 bits per heavy atom. The van der Waals surface area contributed by atoms with Crippen molar-refractivity contribution in [3.8, 4) is 0 Å². The van der Waals surface area contributed by atoms with E-state index >= 15 is 0 Å². The SMILES string of the molecule is Cc1cccc(C2CCc3ccc(C(=O)NO)cc3C2)c1. The van der Waals surface area contributed by atoms with Gasteiger partial charge in [-0.2, -0.15) is 0 Å². The molecule has 0 radical (unpaired) electrons. The summed E-state index contributed by atoms with van der Waals surface area (Å²) in [6.07, 6.45) is 3.13. The molecule has 108 valence electrons. The molecule has 0 spiro atoms. The van der Waals surface area contributed by atoms with Gasteiger partial charge in [0.15, 0.2) is 0 Å². The van der Waals surface area contributed by atoms with Crippen molar-refractivity contribution in [1.82, 2.24) is 5.48 Å². The van der Waals surface area contributed by atoms with E-state index in [2.05, 4.69) is 31.2 Å². The number of rotatable bonds is 2. The zero-order valence-electron chi connectivity index (χ0n) is 12.1. The highest BCUT2D eigenvalue weighted by Gasteiger charge is 2.21. The largest absolute Gasteiger partial charge is 0.288 e. The first-order chi connectivity index (χ1) is 10.2. The molecule has 3 rings (SSSR count). The predicted octanol–water partition coefficient (Wildman–Crippen LogP) is 3.39. The van der Waals surface area contributed by atoms with Gasteiger partial charge >= 0.3 is 0 Å². The first-order valence-electron chi connectivity index (χ1n) is 7.30. The predicted molar refractivity (Wildman–Crippen MR) is 81.6 cm³/mol. The van der Waals surface area contributed by atoms with Gasteiger partial charge in [0.1, 0.15) is 0 Å². The lowest BCUT2D eigenvalue weighted by Crippen LogP contribution is -2.20. The van der Waals surface area contributed by atoms with Gasteiger partial charge in [0.25, 0.3) is 5.91 Å². The molecule has 2 aromatic rings. The van der Waals surface area contributed by atoms with Crippen LogP contribution in [-0.4, -0.2) is 11.1 Å². The quantitative estimate of drug-likeness (QED) is 0.655. The van der Waals surface area contributed by atoms with Crippen LogP contribution in [0.25, 0.3) is 0 Å². The fourth-order valence-electron chi connectivity index (χ4n) is 3.17. The van der Waals surface area contributed by atoms with Crippen LogP contribution in [0, 0.1) is 6.92 Å². The molecule has 0 fully saturated rings. The molecule has 0 aliphatic heterocycles. The van der Waals surface area contributed by atoms with Crippen molar-refractivity contribution in [2.24, 2.45) is 0 Å². The van der Waals surface area contributed by atoms with Gasteiger partial charge in [0.2, 0.25) is 0 Å². The van der Waals surface area contributed by atoms with E-state index in [1.165, 1.54) is 22.3 Å². The van der Waals surface area contributed by atoms with E-state index in [9.17, 15) is 4.79 Å². The average molecular weight is 281 g/mol. The van der Waals surface area contributed by atoms with Crippen LogP contribution in [0.3, 0.4) is 0 Å². The molecule has 3 heteroatoms. The van der Waals surface area contributed by atoms with E-state index in [0.717, 1.165) is 19.3 Å². The number of hydrogen-bond donors (Lipinski definition) is 2. The molecule has 1 unspecified atom stereocenters. The molecule has 0 aromatic heterocycles. The minimum Gasteiger partial charge on any atom is -0.288 e. The van der Waals surface area contributed by atoms with E-state index in [1.54, 1.807) is 11.5 Å². The van der Waals surface area contributed by atoms with Gasteiger partial charge in [0, 0.05) is 5.56 Å². The van der Waals surface area contributed by atoms with E-state index < -0.39 is 5.91 Å². The zero-order chi connectivity index (χ0) is 14.8. The van der Waals surface area contributed by atoms with Crippen molar-refractivity contribution in [3.05, 3.63) is 70.3 Å². The molecule has 1 amide bonds. The van der Waals surface area contributed by atoms with Crippen molar-refractivity contribution in [2.45, 2.75) is 32.1 Å². The summed E-state index contributed by atoms with van der Waals surface area (Å²) in [7, 11) is 0. The Labute approximate surface area is 124 Å². The standard InChI is InChI=1S/C18H19NO2/c1-12-3-2-4-14(9-12)15-7-5-13-6-8-16(18(20)19-21)11-17(13)10-15/h2-4,6,8-9,11,15,21H,5,7,10H2,1H3,(H,19,20). The summed E-state index contributed by atoms with van der Waals surface area (Å²) in [5, 5.41) is 8.75. The van der Waals surface area contributed by atoms with Gasteiger partial charge < -0.3 is 0 Å². The Morgan fingerprint density at radius 3 is 2.81 bits per heavy atom. The normalized spacial score (nSPS) is 17.1. The van der Waals surface area contributed by atoms with Crippen molar-refractivity contribution in [2.75, 3.05) is 0 Å². The van der Waals surface area contributed by atoms with Crippen LogP contribution in [0.2, 0.25) is 0 Å². The molecule has 2 N–H and O–H groups in total. The van der Waals surface area contributed by atoms with Crippen molar-refractivity contribution in [1.29, 1.82) is 0 Å². The molecule has 3 nitrogen and oxygen atoms in total. The second-order valence-electron chi connectivity index (χ2n) is 5.78. The Hall–Kier alpha value is -2.13. The van der Waals surface area contributed by atoms with Gasteiger partial charge in [-0.05, 0) is 60.9 Å². The first-order valence-corrected chi connectivity index (χ1v) is 7.30. The number of carbonyl (C=O) groups excluding carboxylic acids is 1. The second kappa shape index (κ2) is 5.70. The molecule has 1 aliphatic carbocycles. The molecule has 0 saturated heterocycles. The van der Waals surface area contributed by atoms with Gasteiger partial charge in [-0.3, -0.25) is 10.0 Å². The first kappa shape index (κ1) is 13.8. The minimum absolute atomic E-state index is 0.449. The summed E-state index contributed by atoms with van der Waals surface area (Å²) in [6, 6.07) is 14.3. The van der Waals surface area contributed by atoms with Gasteiger partial charge in [-0.15, -0.1) is 0 Å². The second-order valence-corrected chi connectivity index (χ2v) is 5.78.